The number of nitrogens with two attached hydrogens (primary N) is 1. The van der Waals surface area contributed by atoms with E-state index in [-0.39, 0.29) is 0 Å². The number of nitrogens with zero attached hydrogens (tertiary/aromatic N) is 2. The molecule has 0 amide bonds. The van der Waals surface area contributed by atoms with Crippen LogP contribution in [0.2, 0.25) is 0 Å². The van der Waals surface area contributed by atoms with Crippen molar-refractivity contribution in [3.63, 3.8) is 0 Å². The predicted octanol–water partition coefficient (Wildman–Crippen LogP) is 3.61. The molecule has 1 heterocycles. The van der Waals surface area contributed by atoms with E-state index in [2.05, 4.69) is 25.5 Å². The maximum atomic E-state index is 5.95. The van der Waals surface area contributed by atoms with Crippen LogP contribution < -0.4 is 5.73 Å². The van der Waals surface area contributed by atoms with Gasteiger partial charge in [-0.1, -0.05) is 40.0 Å². The average Bonchev–Trinajstić information content (AvgIpc) is 2.84. The molecule has 0 spiro atoms. The van der Waals surface area contributed by atoms with Gasteiger partial charge in [0.1, 0.15) is 0 Å². The van der Waals surface area contributed by atoms with Crippen molar-refractivity contribution in [2.24, 2.45) is 11.7 Å². The highest BCUT2D eigenvalue weighted by atomic mass is 15.3. The maximum absolute atomic E-state index is 5.95. The second-order valence-corrected chi connectivity index (χ2v) is 5.82. The molecule has 2 rings (SSSR count). The van der Waals surface area contributed by atoms with Crippen LogP contribution in [0.3, 0.4) is 0 Å². The van der Waals surface area contributed by atoms with Gasteiger partial charge in [0, 0.05) is 17.8 Å². The lowest BCUT2D eigenvalue weighted by Crippen LogP contribution is -2.21. The molecule has 108 valence electrons. The highest BCUT2D eigenvalue weighted by Crippen LogP contribution is 2.35. The van der Waals surface area contributed by atoms with Crippen LogP contribution in [-0.4, -0.2) is 9.78 Å². The van der Waals surface area contributed by atoms with Crippen LogP contribution in [0.15, 0.2) is 0 Å². The summed E-state index contributed by atoms with van der Waals surface area (Å²) in [5, 5.41) is 4.90. The van der Waals surface area contributed by atoms with Gasteiger partial charge in [-0.3, -0.25) is 4.68 Å². The summed E-state index contributed by atoms with van der Waals surface area (Å²) in [7, 11) is 0. The quantitative estimate of drug-likeness (QED) is 0.882. The van der Waals surface area contributed by atoms with Gasteiger partial charge in [-0.15, -0.1) is 0 Å². The minimum absolute atomic E-state index is 0.610. The average molecular weight is 263 g/mol. The van der Waals surface area contributed by atoms with E-state index >= 15 is 0 Å². The van der Waals surface area contributed by atoms with Gasteiger partial charge in [-0.25, -0.2) is 0 Å². The minimum atomic E-state index is 0.610. The van der Waals surface area contributed by atoms with Crippen LogP contribution >= 0.6 is 0 Å². The summed E-state index contributed by atoms with van der Waals surface area (Å²) >= 11 is 0. The van der Waals surface area contributed by atoms with E-state index in [1.165, 1.54) is 49.1 Å². The zero-order valence-corrected chi connectivity index (χ0v) is 12.8. The molecule has 1 fully saturated rings. The summed E-state index contributed by atoms with van der Waals surface area (Å²) in [6.07, 6.45) is 8.70. The van der Waals surface area contributed by atoms with E-state index in [4.69, 9.17) is 10.8 Å². The zero-order chi connectivity index (χ0) is 13.8. The second kappa shape index (κ2) is 6.56. The number of aryl methyl sites for hydroxylation is 1. The third-order valence-electron chi connectivity index (χ3n) is 4.75. The van der Waals surface area contributed by atoms with Crippen LogP contribution in [0, 0.1) is 5.92 Å². The number of aromatic nitrogens is 2. The van der Waals surface area contributed by atoms with Crippen LogP contribution in [0.1, 0.15) is 75.9 Å². The van der Waals surface area contributed by atoms with Crippen molar-refractivity contribution >= 4 is 0 Å². The Balaban J connectivity index is 2.30. The summed E-state index contributed by atoms with van der Waals surface area (Å²) in [6.45, 7) is 7.36. The molecule has 1 aromatic heterocycles. The van der Waals surface area contributed by atoms with Crippen molar-refractivity contribution in [1.29, 1.82) is 0 Å². The van der Waals surface area contributed by atoms with E-state index in [9.17, 15) is 0 Å². The topological polar surface area (TPSA) is 43.8 Å². The monoisotopic (exact) mass is 263 g/mol. The Hall–Kier alpha value is -0.830. The zero-order valence-electron chi connectivity index (χ0n) is 12.8. The van der Waals surface area contributed by atoms with Crippen molar-refractivity contribution in [1.82, 2.24) is 9.78 Å². The molecule has 1 saturated carbocycles. The summed E-state index contributed by atoms with van der Waals surface area (Å²) in [6, 6.07) is 0.610. The molecule has 2 unspecified atom stereocenters. The molecule has 0 saturated heterocycles. The smallest absolute Gasteiger partial charge is 0.0669 e. The largest absolute Gasteiger partial charge is 0.326 e. The first-order valence-electron chi connectivity index (χ1n) is 8.04. The van der Waals surface area contributed by atoms with Crippen molar-refractivity contribution in [2.45, 2.75) is 78.3 Å². The molecular formula is C16H29N3. The molecule has 0 bridgehead atoms. The lowest BCUT2D eigenvalue weighted by atomic mass is 9.84. The highest BCUT2D eigenvalue weighted by Gasteiger charge is 2.26. The third kappa shape index (κ3) is 2.86. The van der Waals surface area contributed by atoms with Gasteiger partial charge in [-0.2, -0.15) is 5.10 Å². The van der Waals surface area contributed by atoms with E-state index in [0.29, 0.717) is 12.6 Å². The molecule has 1 aromatic rings. The fourth-order valence-electron chi connectivity index (χ4n) is 3.61. The van der Waals surface area contributed by atoms with Gasteiger partial charge in [0.15, 0.2) is 0 Å². The molecule has 2 N–H and O–H groups in total. The summed E-state index contributed by atoms with van der Waals surface area (Å²) in [5.41, 5.74) is 9.86. The van der Waals surface area contributed by atoms with Crippen LogP contribution in [0.25, 0.3) is 0 Å². The van der Waals surface area contributed by atoms with Gasteiger partial charge in [0.2, 0.25) is 0 Å². The Labute approximate surface area is 117 Å². The van der Waals surface area contributed by atoms with Crippen molar-refractivity contribution in [3.8, 4) is 0 Å². The first-order valence-corrected chi connectivity index (χ1v) is 8.04. The lowest BCUT2D eigenvalue weighted by Gasteiger charge is -2.29. The number of rotatable bonds is 5. The molecular weight excluding hydrogens is 234 g/mol. The van der Waals surface area contributed by atoms with Crippen LogP contribution in [-0.2, 0) is 19.4 Å². The summed E-state index contributed by atoms with van der Waals surface area (Å²) in [4.78, 5) is 0. The normalized spacial score (nSPS) is 23.8. The van der Waals surface area contributed by atoms with Crippen LogP contribution in [0.5, 0.6) is 0 Å². The van der Waals surface area contributed by atoms with Gasteiger partial charge < -0.3 is 5.73 Å². The maximum Gasteiger partial charge on any atom is 0.0669 e. The Kier molecular flexibility index (Phi) is 5.03. The van der Waals surface area contributed by atoms with Crippen molar-refractivity contribution in [2.75, 3.05) is 0 Å². The highest BCUT2D eigenvalue weighted by molar-refractivity contribution is 5.27. The minimum Gasteiger partial charge on any atom is -0.326 e. The molecule has 3 heteroatoms. The van der Waals surface area contributed by atoms with Crippen molar-refractivity contribution in [3.05, 3.63) is 17.0 Å². The van der Waals surface area contributed by atoms with E-state index in [1.54, 1.807) is 0 Å². The fraction of sp³-hybridized carbons (Fsp3) is 0.812. The molecule has 0 aromatic carbocycles. The lowest BCUT2D eigenvalue weighted by molar-refractivity contribution is 0.243. The molecule has 1 aliphatic carbocycles. The molecule has 19 heavy (non-hydrogen) atoms. The first kappa shape index (κ1) is 14.6. The van der Waals surface area contributed by atoms with Crippen LogP contribution in [0.4, 0.5) is 0 Å². The van der Waals surface area contributed by atoms with E-state index < -0.39 is 0 Å². The fourth-order valence-corrected chi connectivity index (χ4v) is 3.61. The molecule has 2 atom stereocenters. The van der Waals surface area contributed by atoms with Crippen molar-refractivity contribution < 1.29 is 0 Å². The Morgan fingerprint density at radius 2 is 2.00 bits per heavy atom. The number of hydrogen-bond acceptors (Lipinski definition) is 2. The molecule has 0 aliphatic heterocycles. The first-order chi connectivity index (χ1) is 9.24. The third-order valence-corrected chi connectivity index (χ3v) is 4.75. The van der Waals surface area contributed by atoms with Gasteiger partial charge in [0.25, 0.3) is 0 Å². The SMILES string of the molecule is CCc1nn(C2CCCC(CC)C2)c(CC)c1CN. The Morgan fingerprint density at radius 1 is 1.21 bits per heavy atom. The van der Waals surface area contributed by atoms with Gasteiger partial charge >= 0.3 is 0 Å². The Bertz CT molecular complexity index is 408. The summed E-state index contributed by atoms with van der Waals surface area (Å²) < 4.78 is 2.34. The molecule has 1 aliphatic rings. The van der Waals surface area contributed by atoms with Gasteiger partial charge in [0.05, 0.1) is 11.7 Å². The molecule has 3 nitrogen and oxygen atoms in total. The standard InChI is InChI=1S/C16H29N3/c1-4-12-8-7-9-13(10-12)19-16(6-3)14(11-17)15(5-2)18-19/h12-13H,4-11,17H2,1-3H3. The number of hydrogen-bond donors (Lipinski definition) is 1. The summed E-state index contributed by atoms with van der Waals surface area (Å²) in [5.74, 6) is 0.888. The predicted molar refractivity (Wildman–Crippen MR) is 80.2 cm³/mol. The second-order valence-electron chi connectivity index (χ2n) is 5.82. The van der Waals surface area contributed by atoms with E-state index in [0.717, 1.165) is 18.8 Å². The van der Waals surface area contributed by atoms with Gasteiger partial charge in [-0.05, 0) is 31.6 Å². The molecule has 0 radical (unpaired) electrons. The Morgan fingerprint density at radius 3 is 2.58 bits per heavy atom. The van der Waals surface area contributed by atoms with E-state index in [1.807, 2.05) is 0 Å².